The molecule has 0 spiro atoms. The van der Waals surface area contributed by atoms with Crippen LogP contribution in [-0.2, 0) is 20.9 Å². The molecule has 0 aliphatic heterocycles. The molecule has 0 atom stereocenters. The third-order valence-electron chi connectivity index (χ3n) is 7.19. The summed E-state index contributed by atoms with van der Waals surface area (Å²) in [5.41, 5.74) is 5.98. The lowest BCUT2D eigenvalue weighted by molar-refractivity contribution is -0.123. The van der Waals surface area contributed by atoms with Crippen LogP contribution in [0.2, 0.25) is 0 Å². The lowest BCUT2D eigenvalue weighted by atomic mass is 9.79. The standard InChI is InChI=1S/C27H32FNO4/c28-21-15-20(16-24(17-21)33-23-6-2-1-3-7-23)18-32-27-13-11-26(19-27,12-14-27)10-4-5-22(30)8-9-25(29)31/h1-3,6-7,15-17H,4-5,8-14,18-19H2,(H2,29,31). The smallest absolute Gasteiger partial charge is 0.217 e. The Morgan fingerprint density at radius 1 is 0.939 bits per heavy atom. The maximum absolute atomic E-state index is 14.2. The van der Waals surface area contributed by atoms with Crippen LogP contribution >= 0.6 is 0 Å². The fourth-order valence-electron chi connectivity index (χ4n) is 5.48. The summed E-state index contributed by atoms with van der Waals surface area (Å²) in [6, 6.07) is 14.1. The van der Waals surface area contributed by atoms with Gasteiger partial charge in [-0.15, -0.1) is 0 Å². The zero-order valence-electron chi connectivity index (χ0n) is 19.0. The van der Waals surface area contributed by atoms with E-state index in [4.69, 9.17) is 15.2 Å². The molecule has 2 aromatic carbocycles. The number of hydrogen-bond acceptors (Lipinski definition) is 4. The van der Waals surface area contributed by atoms with E-state index < -0.39 is 5.91 Å². The monoisotopic (exact) mass is 453 g/mol. The van der Waals surface area contributed by atoms with Gasteiger partial charge < -0.3 is 15.2 Å². The number of hydrogen-bond donors (Lipinski definition) is 1. The number of benzene rings is 2. The van der Waals surface area contributed by atoms with Gasteiger partial charge in [-0.2, -0.15) is 0 Å². The lowest BCUT2D eigenvalue weighted by Gasteiger charge is -2.28. The Kier molecular flexibility index (Phi) is 7.13. The van der Waals surface area contributed by atoms with E-state index in [-0.39, 0.29) is 35.5 Å². The summed E-state index contributed by atoms with van der Waals surface area (Å²) in [6.07, 6.45) is 7.97. The molecule has 2 aliphatic rings. The summed E-state index contributed by atoms with van der Waals surface area (Å²) in [5.74, 6) is 0.479. The van der Waals surface area contributed by atoms with Crippen molar-refractivity contribution < 1.29 is 23.5 Å². The van der Waals surface area contributed by atoms with E-state index in [0.29, 0.717) is 24.5 Å². The van der Waals surface area contributed by atoms with Gasteiger partial charge in [-0.05, 0) is 80.2 Å². The Morgan fingerprint density at radius 2 is 1.70 bits per heavy atom. The van der Waals surface area contributed by atoms with Crippen LogP contribution < -0.4 is 10.5 Å². The van der Waals surface area contributed by atoms with Crippen LogP contribution in [-0.4, -0.2) is 17.3 Å². The first-order chi connectivity index (χ1) is 15.9. The topological polar surface area (TPSA) is 78.6 Å². The van der Waals surface area contributed by atoms with Gasteiger partial charge in [0, 0.05) is 25.3 Å². The molecule has 2 N–H and O–H groups in total. The Bertz CT molecular complexity index is 983. The van der Waals surface area contributed by atoms with E-state index in [9.17, 15) is 14.0 Å². The molecular weight excluding hydrogens is 421 g/mol. The number of Topliss-reactive ketones (excluding diaryl/α,β-unsaturated/α-hetero) is 1. The van der Waals surface area contributed by atoms with E-state index in [1.807, 2.05) is 36.4 Å². The van der Waals surface area contributed by atoms with Gasteiger partial charge in [0.25, 0.3) is 0 Å². The number of para-hydroxylation sites is 1. The van der Waals surface area contributed by atoms with Crippen molar-refractivity contribution in [2.24, 2.45) is 11.1 Å². The molecule has 0 unspecified atom stereocenters. The second-order valence-electron chi connectivity index (χ2n) is 9.72. The zero-order valence-corrected chi connectivity index (χ0v) is 19.0. The minimum absolute atomic E-state index is 0.114. The highest BCUT2D eigenvalue weighted by atomic mass is 19.1. The van der Waals surface area contributed by atoms with Gasteiger partial charge in [0.05, 0.1) is 12.2 Å². The quantitative estimate of drug-likeness (QED) is 0.438. The Hall–Kier alpha value is -2.73. The van der Waals surface area contributed by atoms with Gasteiger partial charge >= 0.3 is 0 Å². The number of amides is 1. The van der Waals surface area contributed by atoms with Crippen LogP contribution in [0.5, 0.6) is 11.5 Å². The van der Waals surface area contributed by atoms with Crippen molar-refractivity contribution >= 4 is 11.7 Å². The van der Waals surface area contributed by atoms with Crippen LogP contribution in [0.25, 0.3) is 0 Å². The summed E-state index contributed by atoms with van der Waals surface area (Å²) in [7, 11) is 0. The number of nitrogens with two attached hydrogens (primary N) is 1. The number of ketones is 1. The molecule has 2 fully saturated rings. The molecule has 0 saturated heterocycles. The van der Waals surface area contributed by atoms with Gasteiger partial charge in [-0.1, -0.05) is 18.2 Å². The molecule has 0 aromatic heterocycles. The van der Waals surface area contributed by atoms with E-state index in [1.165, 1.54) is 12.1 Å². The number of halogens is 1. The minimum Gasteiger partial charge on any atom is -0.457 e. The first-order valence-electron chi connectivity index (χ1n) is 11.8. The highest BCUT2D eigenvalue weighted by Crippen LogP contribution is 2.60. The van der Waals surface area contributed by atoms with Crippen LogP contribution in [0.1, 0.15) is 69.8 Å². The van der Waals surface area contributed by atoms with Gasteiger partial charge in [-0.25, -0.2) is 4.39 Å². The van der Waals surface area contributed by atoms with Crippen molar-refractivity contribution in [1.82, 2.24) is 0 Å². The Morgan fingerprint density at radius 3 is 2.42 bits per heavy atom. The Labute approximate surface area is 194 Å². The number of rotatable bonds is 12. The average Bonchev–Trinajstić information content (AvgIpc) is 3.33. The summed E-state index contributed by atoms with van der Waals surface area (Å²) in [5, 5.41) is 0. The van der Waals surface area contributed by atoms with Crippen molar-refractivity contribution in [3.8, 4) is 11.5 Å². The molecule has 1 amide bonds. The number of ether oxygens (including phenoxy) is 2. The molecule has 0 heterocycles. The first kappa shape index (κ1) is 23.4. The van der Waals surface area contributed by atoms with E-state index in [1.54, 1.807) is 0 Å². The second-order valence-corrected chi connectivity index (χ2v) is 9.72. The van der Waals surface area contributed by atoms with Crippen molar-refractivity contribution in [2.75, 3.05) is 0 Å². The van der Waals surface area contributed by atoms with E-state index in [0.717, 1.165) is 50.5 Å². The second kappa shape index (κ2) is 10.0. The number of carbonyl (C=O) groups excluding carboxylic acids is 2. The van der Waals surface area contributed by atoms with E-state index >= 15 is 0 Å². The maximum Gasteiger partial charge on any atom is 0.217 e. The lowest BCUT2D eigenvalue weighted by Crippen LogP contribution is -2.26. The summed E-state index contributed by atoms with van der Waals surface area (Å²) in [4.78, 5) is 22.8. The molecule has 2 bridgehead atoms. The predicted octanol–water partition coefficient (Wildman–Crippen LogP) is 5.84. The fourth-order valence-corrected chi connectivity index (χ4v) is 5.48. The van der Waals surface area contributed by atoms with Crippen LogP contribution in [0, 0.1) is 11.2 Å². The van der Waals surface area contributed by atoms with Gasteiger partial charge in [0.1, 0.15) is 23.1 Å². The van der Waals surface area contributed by atoms with Crippen molar-refractivity contribution in [1.29, 1.82) is 0 Å². The van der Waals surface area contributed by atoms with Crippen LogP contribution in [0.4, 0.5) is 4.39 Å². The first-order valence-corrected chi connectivity index (χ1v) is 11.8. The summed E-state index contributed by atoms with van der Waals surface area (Å²) < 4.78 is 26.4. The largest absolute Gasteiger partial charge is 0.457 e. The predicted molar refractivity (Wildman–Crippen MR) is 123 cm³/mol. The van der Waals surface area contributed by atoms with Gasteiger partial charge in [0.15, 0.2) is 0 Å². The van der Waals surface area contributed by atoms with Gasteiger partial charge in [0.2, 0.25) is 5.91 Å². The normalized spacial score (nSPS) is 23.5. The highest BCUT2D eigenvalue weighted by molar-refractivity contribution is 5.84. The molecule has 2 aliphatic carbocycles. The average molecular weight is 454 g/mol. The molecular formula is C27H32FNO4. The third-order valence-corrected chi connectivity index (χ3v) is 7.19. The minimum atomic E-state index is -0.424. The third kappa shape index (κ3) is 6.20. The molecule has 2 aromatic rings. The number of carbonyl (C=O) groups is 2. The van der Waals surface area contributed by atoms with Crippen molar-refractivity contribution in [3.63, 3.8) is 0 Å². The summed E-state index contributed by atoms with van der Waals surface area (Å²) in [6.45, 7) is 0.352. The number of fused-ring (bicyclic) bond motifs is 2. The SMILES string of the molecule is NC(=O)CCC(=O)CCCC12CCC(OCc3cc(F)cc(Oc4ccccc4)c3)(CC1)C2. The molecule has 2 saturated carbocycles. The molecule has 0 radical (unpaired) electrons. The van der Waals surface area contributed by atoms with E-state index in [2.05, 4.69) is 0 Å². The Balaban J connectivity index is 1.28. The zero-order chi connectivity index (χ0) is 23.3. The number of primary amides is 1. The van der Waals surface area contributed by atoms with Crippen LogP contribution in [0.3, 0.4) is 0 Å². The molecule has 33 heavy (non-hydrogen) atoms. The van der Waals surface area contributed by atoms with Crippen LogP contribution in [0.15, 0.2) is 48.5 Å². The fraction of sp³-hybridized carbons (Fsp3) is 0.481. The maximum atomic E-state index is 14.2. The molecule has 176 valence electrons. The molecule has 4 rings (SSSR count). The van der Waals surface area contributed by atoms with Crippen molar-refractivity contribution in [2.45, 2.75) is 76.4 Å². The molecule has 6 heteroatoms. The van der Waals surface area contributed by atoms with Gasteiger partial charge in [-0.3, -0.25) is 9.59 Å². The molecule has 5 nitrogen and oxygen atoms in total. The summed E-state index contributed by atoms with van der Waals surface area (Å²) >= 11 is 0. The van der Waals surface area contributed by atoms with Crippen molar-refractivity contribution in [3.05, 3.63) is 59.9 Å². The highest BCUT2D eigenvalue weighted by Gasteiger charge is 2.54.